The Morgan fingerprint density at radius 3 is 2.64 bits per heavy atom. The number of hydrogen-bond donors (Lipinski definition) is 1. The topological polar surface area (TPSA) is 62.4 Å². The molecule has 0 bridgehead atoms. The summed E-state index contributed by atoms with van der Waals surface area (Å²) in [6, 6.07) is 4.28. The second-order valence-corrected chi connectivity index (χ2v) is 6.11. The van der Waals surface area contributed by atoms with Crippen LogP contribution in [0.4, 0.5) is 0 Å². The maximum absolute atomic E-state index is 12.1. The van der Waals surface area contributed by atoms with Gasteiger partial charge in [-0.1, -0.05) is 23.2 Å². The van der Waals surface area contributed by atoms with E-state index in [4.69, 9.17) is 27.9 Å². The van der Waals surface area contributed by atoms with Gasteiger partial charge in [-0.05, 0) is 33.2 Å². The van der Waals surface area contributed by atoms with Gasteiger partial charge in [-0.3, -0.25) is 4.79 Å². The number of ether oxygens (including phenoxy) is 1. The number of hydrogen-bond acceptors (Lipinski definition) is 4. The number of pyridine rings is 1. The first kappa shape index (κ1) is 16.8. The van der Waals surface area contributed by atoms with Gasteiger partial charge in [0.25, 0.3) is 0 Å². The number of halogens is 2. The summed E-state index contributed by atoms with van der Waals surface area (Å²) in [6.45, 7) is 2.15. The average molecular weight is 343 g/mol. The fourth-order valence-electron chi connectivity index (χ4n) is 1.84. The van der Waals surface area contributed by atoms with Crippen LogP contribution in [-0.4, -0.2) is 42.6 Å². The van der Waals surface area contributed by atoms with Crippen LogP contribution in [0.5, 0.6) is 0 Å². The van der Waals surface area contributed by atoms with Gasteiger partial charge in [-0.25, -0.2) is 4.79 Å². The Hall–Kier alpha value is -1.56. The molecular weight excluding hydrogens is 327 g/mol. The van der Waals surface area contributed by atoms with Crippen molar-refractivity contribution in [3.8, 4) is 0 Å². The minimum absolute atomic E-state index is 0.0695. The molecule has 5 nitrogen and oxygen atoms in total. The SMILES string of the molecule is CC(COC(=O)c1cc(=O)c2c(Cl)cc(Cl)cc2[nH]1)N(C)C. The number of benzene rings is 1. The van der Waals surface area contributed by atoms with Gasteiger partial charge in [-0.15, -0.1) is 0 Å². The highest BCUT2D eigenvalue weighted by Crippen LogP contribution is 2.24. The molecule has 0 radical (unpaired) electrons. The summed E-state index contributed by atoms with van der Waals surface area (Å²) >= 11 is 11.9. The highest BCUT2D eigenvalue weighted by atomic mass is 35.5. The maximum Gasteiger partial charge on any atom is 0.354 e. The van der Waals surface area contributed by atoms with E-state index >= 15 is 0 Å². The van der Waals surface area contributed by atoms with Crippen molar-refractivity contribution in [1.29, 1.82) is 0 Å². The van der Waals surface area contributed by atoms with E-state index in [0.29, 0.717) is 15.9 Å². The zero-order valence-electron chi connectivity index (χ0n) is 12.4. The third-order valence-electron chi connectivity index (χ3n) is 3.40. The number of aromatic amines is 1. The lowest BCUT2D eigenvalue weighted by atomic mass is 10.2. The first-order valence-electron chi connectivity index (χ1n) is 6.65. The highest BCUT2D eigenvalue weighted by Gasteiger charge is 2.15. The third kappa shape index (κ3) is 3.61. The molecule has 0 fully saturated rings. The quantitative estimate of drug-likeness (QED) is 0.867. The van der Waals surface area contributed by atoms with Crippen LogP contribution in [0.15, 0.2) is 23.0 Å². The number of rotatable bonds is 4. The molecule has 1 atom stereocenters. The second-order valence-electron chi connectivity index (χ2n) is 5.27. The van der Waals surface area contributed by atoms with Gasteiger partial charge < -0.3 is 14.6 Å². The van der Waals surface area contributed by atoms with Crippen LogP contribution in [0.2, 0.25) is 10.0 Å². The highest BCUT2D eigenvalue weighted by molar-refractivity contribution is 6.38. The molecule has 1 unspecified atom stereocenters. The van der Waals surface area contributed by atoms with Crippen molar-refractivity contribution in [2.24, 2.45) is 0 Å². The van der Waals surface area contributed by atoms with Crippen LogP contribution in [0.3, 0.4) is 0 Å². The van der Waals surface area contributed by atoms with E-state index in [1.54, 1.807) is 6.07 Å². The lowest BCUT2D eigenvalue weighted by Crippen LogP contribution is -2.30. The molecule has 0 aliphatic rings. The molecule has 1 aromatic carbocycles. The fraction of sp³-hybridized carbons (Fsp3) is 0.333. The summed E-state index contributed by atoms with van der Waals surface area (Å²) in [5.41, 5.74) is 0.113. The molecule has 0 amide bonds. The van der Waals surface area contributed by atoms with Crippen LogP contribution < -0.4 is 5.43 Å². The monoisotopic (exact) mass is 342 g/mol. The Bertz CT molecular complexity index is 771. The van der Waals surface area contributed by atoms with Crippen molar-refractivity contribution in [3.05, 3.63) is 44.2 Å². The van der Waals surface area contributed by atoms with Gasteiger partial charge in [0.05, 0.1) is 15.9 Å². The molecule has 0 aliphatic heterocycles. The smallest absolute Gasteiger partial charge is 0.354 e. The molecule has 0 saturated heterocycles. The summed E-state index contributed by atoms with van der Waals surface area (Å²) in [4.78, 5) is 29.0. The number of H-pyrrole nitrogens is 1. The zero-order valence-corrected chi connectivity index (χ0v) is 14.0. The van der Waals surface area contributed by atoms with E-state index in [2.05, 4.69) is 4.98 Å². The Kier molecular flexibility index (Phi) is 5.11. The largest absolute Gasteiger partial charge is 0.459 e. The molecule has 118 valence electrons. The van der Waals surface area contributed by atoms with Crippen molar-refractivity contribution in [2.75, 3.05) is 20.7 Å². The Morgan fingerprint density at radius 1 is 1.32 bits per heavy atom. The van der Waals surface area contributed by atoms with Crippen LogP contribution >= 0.6 is 23.2 Å². The number of carbonyl (C=O) groups excluding carboxylic acids is 1. The van der Waals surface area contributed by atoms with Crippen molar-refractivity contribution in [3.63, 3.8) is 0 Å². The number of nitrogens with one attached hydrogen (secondary N) is 1. The zero-order chi connectivity index (χ0) is 16.4. The summed E-state index contributed by atoms with van der Waals surface area (Å²) < 4.78 is 5.20. The number of aromatic nitrogens is 1. The summed E-state index contributed by atoms with van der Waals surface area (Å²) in [5, 5.41) is 0.911. The van der Waals surface area contributed by atoms with Crippen LogP contribution in [0.1, 0.15) is 17.4 Å². The maximum atomic E-state index is 12.1. The molecule has 0 saturated carbocycles. The van der Waals surface area contributed by atoms with Gasteiger partial charge in [0.15, 0.2) is 5.43 Å². The number of esters is 1. The molecule has 2 aromatic rings. The van der Waals surface area contributed by atoms with Crippen LogP contribution in [0, 0.1) is 0 Å². The number of carbonyl (C=O) groups is 1. The Balaban J connectivity index is 2.33. The lowest BCUT2D eigenvalue weighted by Gasteiger charge is -2.19. The van der Waals surface area contributed by atoms with E-state index < -0.39 is 5.97 Å². The third-order valence-corrected chi connectivity index (χ3v) is 3.92. The minimum atomic E-state index is -0.594. The Morgan fingerprint density at radius 2 is 2.00 bits per heavy atom. The molecule has 1 aromatic heterocycles. The van der Waals surface area contributed by atoms with E-state index in [-0.39, 0.29) is 28.8 Å². The molecule has 22 heavy (non-hydrogen) atoms. The molecule has 2 rings (SSSR count). The molecule has 1 heterocycles. The summed E-state index contributed by atoms with van der Waals surface area (Å²) in [7, 11) is 3.78. The number of fused-ring (bicyclic) bond motifs is 1. The van der Waals surface area contributed by atoms with Crippen molar-refractivity contribution >= 4 is 40.1 Å². The van der Waals surface area contributed by atoms with E-state index in [0.717, 1.165) is 0 Å². The molecule has 1 N–H and O–H groups in total. The normalized spacial score (nSPS) is 12.6. The van der Waals surface area contributed by atoms with Gasteiger partial charge in [-0.2, -0.15) is 0 Å². The van der Waals surface area contributed by atoms with Crippen molar-refractivity contribution in [2.45, 2.75) is 13.0 Å². The van der Waals surface area contributed by atoms with Gasteiger partial charge in [0, 0.05) is 17.1 Å². The molecular formula is C15H16Cl2N2O3. The lowest BCUT2D eigenvalue weighted by molar-refractivity contribution is 0.0410. The minimum Gasteiger partial charge on any atom is -0.459 e. The van der Waals surface area contributed by atoms with E-state index in [1.165, 1.54) is 12.1 Å². The second kappa shape index (κ2) is 6.69. The predicted molar refractivity (Wildman–Crippen MR) is 88.0 cm³/mol. The van der Waals surface area contributed by atoms with Crippen molar-refractivity contribution < 1.29 is 9.53 Å². The van der Waals surface area contributed by atoms with Crippen LogP contribution in [-0.2, 0) is 4.74 Å². The summed E-state index contributed by atoms with van der Waals surface area (Å²) in [6.07, 6.45) is 0. The van der Waals surface area contributed by atoms with E-state index in [9.17, 15) is 9.59 Å². The molecule has 0 aliphatic carbocycles. The predicted octanol–water partition coefficient (Wildman–Crippen LogP) is 2.94. The van der Waals surface area contributed by atoms with E-state index in [1.807, 2.05) is 25.9 Å². The van der Waals surface area contributed by atoms with Crippen LogP contribution in [0.25, 0.3) is 10.9 Å². The molecule has 0 spiro atoms. The van der Waals surface area contributed by atoms with Gasteiger partial charge in [0.1, 0.15) is 12.3 Å². The fourth-order valence-corrected chi connectivity index (χ4v) is 2.43. The summed E-state index contributed by atoms with van der Waals surface area (Å²) in [5.74, 6) is -0.594. The van der Waals surface area contributed by atoms with Crippen molar-refractivity contribution in [1.82, 2.24) is 9.88 Å². The van der Waals surface area contributed by atoms with Gasteiger partial charge in [0.2, 0.25) is 0 Å². The standard InChI is InChI=1S/C15H16Cl2N2O3/c1-8(19(2)3)7-22-15(21)12-6-13(20)14-10(17)4-9(16)5-11(14)18-12/h4-6,8H,7H2,1-3H3,(H,18,20). The van der Waals surface area contributed by atoms with Gasteiger partial charge >= 0.3 is 5.97 Å². The number of likely N-dealkylation sites (N-methyl/N-ethyl adjacent to an activating group) is 1. The average Bonchev–Trinajstić information content (AvgIpc) is 2.42. The Labute approximate surface area is 137 Å². The first-order chi connectivity index (χ1) is 10.3. The number of nitrogens with zero attached hydrogens (tertiary/aromatic N) is 1. The first-order valence-corrected chi connectivity index (χ1v) is 7.41. The molecule has 7 heteroatoms.